The first-order valence-electron chi connectivity index (χ1n) is 5.27. The Balaban J connectivity index is 1.78. The number of rotatable bonds is 2. The number of benzene rings is 1. The van der Waals surface area contributed by atoms with E-state index in [0.717, 1.165) is 18.5 Å². The Bertz CT molecular complexity index is 448. The predicted molar refractivity (Wildman–Crippen MR) is 71.7 cm³/mol. The first-order chi connectivity index (χ1) is 8.15. The summed E-state index contributed by atoms with van der Waals surface area (Å²) in [5.41, 5.74) is 5.98. The molecule has 0 radical (unpaired) electrons. The highest BCUT2D eigenvalue weighted by atomic mass is 35.5. The van der Waals surface area contributed by atoms with Gasteiger partial charge < -0.3 is 5.32 Å². The number of hydrogen-bond acceptors (Lipinski definition) is 2. The minimum atomic E-state index is -0.0137. The van der Waals surface area contributed by atoms with Crippen molar-refractivity contribution in [2.75, 3.05) is 5.32 Å². The van der Waals surface area contributed by atoms with Gasteiger partial charge >= 0.3 is 0 Å². The molecule has 0 heterocycles. The average Bonchev–Trinajstić information content (AvgIpc) is 3.09. The number of carbonyl (C=O) groups excluding carboxylic acids is 1. The zero-order valence-corrected chi connectivity index (χ0v) is 10.6. The highest BCUT2D eigenvalue weighted by Crippen LogP contribution is 2.28. The number of carbonyl (C=O) groups is 1. The number of hydrazine groups is 1. The molecule has 1 aliphatic carbocycles. The predicted octanol–water partition coefficient (Wildman–Crippen LogP) is 2.07. The molecule has 1 saturated carbocycles. The van der Waals surface area contributed by atoms with E-state index in [9.17, 15) is 4.79 Å². The number of anilines is 1. The van der Waals surface area contributed by atoms with Crippen LogP contribution in [0.15, 0.2) is 24.3 Å². The van der Waals surface area contributed by atoms with Crippen LogP contribution in [-0.2, 0) is 4.79 Å². The van der Waals surface area contributed by atoms with E-state index in [1.165, 1.54) is 0 Å². The first-order valence-corrected chi connectivity index (χ1v) is 6.06. The molecule has 3 N–H and O–H groups in total. The van der Waals surface area contributed by atoms with E-state index in [4.69, 9.17) is 23.8 Å². The van der Waals surface area contributed by atoms with E-state index in [2.05, 4.69) is 16.2 Å². The second-order valence-corrected chi connectivity index (χ2v) is 4.70. The summed E-state index contributed by atoms with van der Waals surface area (Å²) in [7, 11) is 0. The van der Waals surface area contributed by atoms with Gasteiger partial charge in [0.1, 0.15) is 0 Å². The van der Waals surface area contributed by atoms with Gasteiger partial charge in [-0.2, -0.15) is 0 Å². The third-order valence-electron chi connectivity index (χ3n) is 2.33. The normalized spacial score (nSPS) is 13.9. The monoisotopic (exact) mass is 269 g/mol. The number of hydrogen-bond donors (Lipinski definition) is 3. The van der Waals surface area contributed by atoms with Crippen LogP contribution in [0.5, 0.6) is 0 Å². The Hall–Kier alpha value is -1.33. The third kappa shape index (κ3) is 3.87. The zero-order chi connectivity index (χ0) is 12.3. The van der Waals surface area contributed by atoms with Crippen LogP contribution in [0.2, 0.25) is 5.02 Å². The molecule has 0 spiro atoms. The van der Waals surface area contributed by atoms with Crippen molar-refractivity contribution in [1.29, 1.82) is 0 Å². The van der Waals surface area contributed by atoms with Gasteiger partial charge in [0.05, 0.1) is 0 Å². The lowest BCUT2D eigenvalue weighted by molar-refractivity contribution is -0.122. The molecule has 6 heteroatoms. The van der Waals surface area contributed by atoms with Crippen molar-refractivity contribution >= 4 is 40.5 Å². The highest BCUT2D eigenvalue weighted by Gasteiger charge is 2.29. The molecule has 2 rings (SSSR count). The van der Waals surface area contributed by atoms with E-state index in [1.807, 2.05) is 12.1 Å². The molecule has 1 aromatic carbocycles. The van der Waals surface area contributed by atoms with Gasteiger partial charge in [0, 0.05) is 16.6 Å². The minimum absolute atomic E-state index is 0.0137. The molecule has 4 nitrogen and oxygen atoms in total. The summed E-state index contributed by atoms with van der Waals surface area (Å²) < 4.78 is 0. The van der Waals surface area contributed by atoms with Crippen molar-refractivity contribution in [3.05, 3.63) is 29.3 Å². The van der Waals surface area contributed by atoms with Crippen LogP contribution >= 0.6 is 23.8 Å². The molecule has 0 saturated heterocycles. The Morgan fingerprint density at radius 3 is 2.76 bits per heavy atom. The fourth-order valence-electron chi connectivity index (χ4n) is 1.29. The lowest BCUT2D eigenvalue weighted by Crippen LogP contribution is -2.44. The molecule has 0 aliphatic heterocycles. The minimum Gasteiger partial charge on any atom is -0.331 e. The van der Waals surface area contributed by atoms with Crippen molar-refractivity contribution in [2.45, 2.75) is 12.8 Å². The molecule has 17 heavy (non-hydrogen) atoms. The quantitative estimate of drug-likeness (QED) is 0.568. The summed E-state index contributed by atoms with van der Waals surface area (Å²) in [5.74, 6) is 0.136. The van der Waals surface area contributed by atoms with Crippen LogP contribution in [0.1, 0.15) is 12.8 Å². The fourth-order valence-corrected chi connectivity index (χ4v) is 1.65. The van der Waals surface area contributed by atoms with Crippen molar-refractivity contribution in [3.8, 4) is 0 Å². The van der Waals surface area contributed by atoms with E-state index < -0.39 is 0 Å². The summed E-state index contributed by atoms with van der Waals surface area (Å²) in [4.78, 5) is 11.3. The molecule has 0 aromatic heterocycles. The number of halogens is 1. The van der Waals surface area contributed by atoms with Gasteiger partial charge in [-0.05, 0) is 43.3 Å². The van der Waals surface area contributed by atoms with Crippen molar-refractivity contribution in [3.63, 3.8) is 0 Å². The van der Waals surface area contributed by atoms with Gasteiger partial charge in [0.25, 0.3) is 0 Å². The van der Waals surface area contributed by atoms with E-state index >= 15 is 0 Å². The maximum Gasteiger partial charge on any atom is 0.241 e. The smallest absolute Gasteiger partial charge is 0.241 e. The van der Waals surface area contributed by atoms with Crippen LogP contribution < -0.4 is 16.2 Å². The largest absolute Gasteiger partial charge is 0.331 e. The molecule has 1 amide bonds. The summed E-state index contributed by atoms with van der Waals surface area (Å²) >= 11 is 10.9. The van der Waals surface area contributed by atoms with Crippen molar-refractivity contribution in [2.24, 2.45) is 5.92 Å². The van der Waals surface area contributed by atoms with E-state index in [1.54, 1.807) is 12.1 Å². The summed E-state index contributed by atoms with van der Waals surface area (Å²) in [6, 6.07) is 7.18. The first kappa shape index (κ1) is 12.1. The lowest BCUT2D eigenvalue weighted by Gasteiger charge is -2.11. The van der Waals surface area contributed by atoms with Crippen LogP contribution in [0.25, 0.3) is 0 Å². The second kappa shape index (κ2) is 5.33. The van der Waals surface area contributed by atoms with Gasteiger partial charge in [0.2, 0.25) is 5.91 Å². The second-order valence-electron chi connectivity index (χ2n) is 3.85. The summed E-state index contributed by atoms with van der Waals surface area (Å²) in [6.45, 7) is 0. The van der Waals surface area contributed by atoms with Gasteiger partial charge in [-0.1, -0.05) is 17.7 Å². The Morgan fingerprint density at radius 2 is 2.12 bits per heavy atom. The standard InChI is InChI=1S/C11H12ClN3OS/c12-8-2-1-3-9(6-8)13-11(17)15-14-10(16)7-4-5-7/h1-3,6-7H,4-5H2,(H,14,16)(H2,13,15,17). The SMILES string of the molecule is O=C(NNC(=S)Nc1cccc(Cl)c1)C1CC1. The van der Waals surface area contributed by atoms with Crippen molar-refractivity contribution < 1.29 is 4.79 Å². The van der Waals surface area contributed by atoms with Crippen LogP contribution in [0.4, 0.5) is 5.69 Å². The van der Waals surface area contributed by atoms with Crippen LogP contribution in [-0.4, -0.2) is 11.0 Å². The Kier molecular flexibility index (Phi) is 3.81. The van der Waals surface area contributed by atoms with E-state index in [-0.39, 0.29) is 11.8 Å². The maximum atomic E-state index is 11.3. The summed E-state index contributed by atoms with van der Waals surface area (Å²) in [5, 5.41) is 3.88. The molecule has 1 aromatic rings. The lowest BCUT2D eigenvalue weighted by atomic mass is 10.3. The van der Waals surface area contributed by atoms with E-state index in [0.29, 0.717) is 10.1 Å². The molecule has 1 fully saturated rings. The van der Waals surface area contributed by atoms with Crippen molar-refractivity contribution in [1.82, 2.24) is 10.9 Å². The molecule has 0 unspecified atom stereocenters. The van der Waals surface area contributed by atoms with Crippen LogP contribution in [0, 0.1) is 5.92 Å². The van der Waals surface area contributed by atoms with Crippen LogP contribution in [0.3, 0.4) is 0 Å². The number of amides is 1. The molecule has 0 bridgehead atoms. The topological polar surface area (TPSA) is 53.2 Å². The Labute approximate surface area is 110 Å². The fraction of sp³-hybridized carbons (Fsp3) is 0.273. The summed E-state index contributed by atoms with van der Waals surface area (Å²) in [6.07, 6.45) is 1.92. The molecular weight excluding hydrogens is 258 g/mol. The number of thiocarbonyl (C=S) groups is 1. The highest BCUT2D eigenvalue weighted by molar-refractivity contribution is 7.80. The number of nitrogens with one attached hydrogen (secondary N) is 3. The van der Waals surface area contributed by atoms with Gasteiger partial charge in [-0.25, -0.2) is 0 Å². The average molecular weight is 270 g/mol. The molecule has 1 aliphatic rings. The Morgan fingerprint density at radius 1 is 1.35 bits per heavy atom. The molecular formula is C11H12ClN3OS. The maximum absolute atomic E-state index is 11.3. The van der Waals surface area contributed by atoms with Gasteiger partial charge in [-0.15, -0.1) is 0 Å². The molecule has 90 valence electrons. The third-order valence-corrected chi connectivity index (χ3v) is 2.77. The van der Waals surface area contributed by atoms with Gasteiger partial charge in [0.15, 0.2) is 5.11 Å². The molecule has 0 atom stereocenters. The zero-order valence-electron chi connectivity index (χ0n) is 9.00. The van der Waals surface area contributed by atoms with Gasteiger partial charge in [-0.3, -0.25) is 15.6 Å².